The molecule has 0 radical (unpaired) electrons. The van der Waals surface area contributed by atoms with Crippen LogP contribution in [0.4, 0.5) is 21.2 Å². The number of piperazine rings is 1. The summed E-state index contributed by atoms with van der Waals surface area (Å²) in [6.45, 7) is 2.81. The first-order chi connectivity index (χ1) is 15.1. The van der Waals surface area contributed by atoms with Crippen LogP contribution in [0.15, 0.2) is 66.7 Å². The fourth-order valence-electron chi connectivity index (χ4n) is 3.45. The first kappa shape index (κ1) is 20.7. The summed E-state index contributed by atoms with van der Waals surface area (Å²) in [5.74, 6) is 0.817. The van der Waals surface area contributed by atoms with Crippen LogP contribution >= 0.6 is 11.3 Å². The molecule has 160 valence electrons. The number of urea groups is 1. The number of nitrogens with one attached hydrogen (secondary N) is 2. The summed E-state index contributed by atoms with van der Waals surface area (Å²) in [4.78, 5) is 29.8. The number of ether oxygens (including phenoxy) is 1. The molecule has 31 heavy (non-hydrogen) atoms. The Labute approximate surface area is 185 Å². The quantitative estimate of drug-likeness (QED) is 0.623. The highest BCUT2D eigenvalue weighted by molar-refractivity contribution is 7.18. The van der Waals surface area contributed by atoms with E-state index in [0.29, 0.717) is 28.7 Å². The van der Waals surface area contributed by atoms with Crippen LogP contribution in [-0.4, -0.2) is 50.1 Å². The van der Waals surface area contributed by atoms with Gasteiger partial charge in [0, 0.05) is 43.6 Å². The number of methoxy groups -OCH3 is 1. The molecule has 0 unspecified atom stereocenters. The summed E-state index contributed by atoms with van der Waals surface area (Å²) in [5.41, 5.74) is 1.81. The second-order valence-electron chi connectivity index (χ2n) is 7.09. The smallest absolute Gasteiger partial charge is 0.324 e. The molecule has 7 nitrogen and oxygen atoms in total. The van der Waals surface area contributed by atoms with Gasteiger partial charge in [-0.1, -0.05) is 24.3 Å². The molecule has 1 aliphatic heterocycles. The Morgan fingerprint density at radius 1 is 0.903 bits per heavy atom. The summed E-state index contributed by atoms with van der Waals surface area (Å²) in [6.07, 6.45) is 0. The molecule has 1 aromatic heterocycles. The normalized spacial score (nSPS) is 13.6. The minimum atomic E-state index is -0.334. The highest BCUT2D eigenvalue weighted by Gasteiger charge is 2.23. The number of hydrogen-bond donors (Lipinski definition) is 2. The van der Waals surface area contributed by atoms with Crippen molar-refractivity contribution in [2.45, 2.75) is 0 Å². The predicted molar refractivity (Wildman–Crippen MR) is 125 cm³/mol. The lowest BCUT2D eigenvalue weighted by Gasteiger charge is -2.36. The van der Waals surface area contributed by atoms with E-state index in [2.05, 4.69) is 21.6 Å². The maximum atomic E-state index is 12.9. The Morgan fingerprint density at radius 2 is 1.68 bits per heavy atom. The lowest BCUT2D eigenvalue weighted by Crippen LogP contribution is -2.48. The minimum Gasteiger partial charge on any atom is -0.497 e. The summed E-state index contributed by atoms with van der Waals surface area (Å²) in [6, 6.07) is 20.4. The van der Waals surface area contributed by atoms with Gasteiger partial charge in [-0.05, 0) is 36.4 Å². The number of carbonyl (C=O) groups is 2. The van der Waals surface area contributed by atoms with Crippen molar-refractivity contribution >= 4 is 39.7 Å². The van der Waals surface area contributed by atoms with E-state index >= 15 is 0 Å². The van der Waals surface area contributed by atoms with E-state index in [0.717, 1.165) is 24.5 Å². The van der Waals surface area contributed by atoms with Crippen LogP contribution in [0.5, 0.6) is 5.75 Å². The fourth-order valence-corrected chi connectivity index (χ4v) is 4.32. The molecular weight excluding hydrogens is 412 g/mol. The number of anilines is 3. The number of hydrogen-bond acceptors (Lipinski definition) is 5. The Bertz CT molecular complexity index is 1050. The summed E-state index contributed by atoms with van der Waals surface area (Å²) in [7, 11) is 1.66. The Hall–Kier alpha value is -3.52. The molecule has 1 aliphatic rings. The monoisotopic (exact) mass is 436 g/mol. The van der Waals surface area contributed by atoms with Crippen LogP contribution in [0, 0.1) is 0 Å². The van der Waals surface area contributed by atoms with E-state index in [4.69, 9.17) is 4.74 Å². The highest BCUT2D eigenvalue weighted by atomic mass is 32.1. The van der Waals surface area contributed by atoms with Crippen LogP contribution in [-0.2, 0) is 0 Å². The van der Waals surface area contributed by atoms with Gasteiger partial charge in [0.2, 0.25) is 0 Å². The third kappa shape index (κ3) is 5.16. The molecule has 0 atom stereocenters. The molecule has 1 saturated heterocycles. The van der Waals surface area contributed by atoms with Crippen molar-refractivity contribution in [2.24, 2.45) is 0 Å². The maximum absolute atomic E-state index is 12.9. The van der Waals surface area contributed by atoms with E-state index in [1.54, 1.807) is 19.2 Å². The fraction of sp³-hybridized carbons (Fsp3) is 0.217. The lowest BCUT2D eigenvalue weighted by molar-refractivity contribution is 0.0751. The topological polar surface area (TPSA) is 73.9 Å². The van der Waals surface area contributed by atoms with Gasteiger partial charge < -0.3 is 19.9 Å². The maximum Gasteiger partial charge on any atom is 0.324 e. The van der Waals surface area contributed by atoms with E-state index in [-0.39, 0.29) is 11.9 Å². The molecular formula is C23H24N4O3S. The van der Waals surface area contributed by atoms with Crippen molar-refractivity contribution in [3.63, 3.8) is 0 Å². The predicted octanol–water partition coefficient (Wildman–Crippen LogP) is 4.36. The van der Waals surface area contributed by atoms with Crippen molar-refractivity contribution in [3.05, 3.63) is 71.6 Å². The van der Waals surface area contributed by atoms with Crippen LogP contribution in [0.3, 0.4) is 0 Å². The third-order valence-corrected chi connectivity index (χ3v) is 6.06. The van der Waals surface area contributed by atoms with Gasteiger partial charge in [-0.25, -0.2) is 4.79 Å². The summed E-state index contributed by atoms with van der Waals surface area (Å²) in [5, 5.41) is 6.18. The molecule has 2 aromatic carbocycles. The molecule has 8 heteroatoms. The van der Waals surface area contributed by atoms with Gasteiger partial charge in [0.15, 0.2) is 0 Å². The summed E-state index contributed by atoms with van der Waals surface area (Å²) >= 11 is 1.28. The van der Waals surface area contributed by atoms with E-state index < -0.39 is 0 Å². The highest BCUT2D eigenvalue weighted by Crippen LogP contribution is 2.26. The van der Waals surface area contributed by atoms with E-state index in [9.17, 15) is 9.59 Å². The first-order valence-corrected chi connectivity index (χ1v) is 10.9. The molecule has 0 spiro atoms. The van der Waals surface area contributed by atoms with Crippen molar-refractivity contribution in [2.75, 3.05) is 48.8 Å². The number of carbonyl (C=O) groups excluding carboxylic acids is 2. The van der Waals surface area contributed by atoms with Gasteiger partial charge in [0.05, 0.1) is 17.0 Å². The second kappa shape index (κ2) is 9.53. The van der Waals surface area contributed by atoms with Gasteiger partial charge in [-0.15, -0.1) is 11.3 Å². The Morgan fingerprint density at radius 3 is 2.42 bits per heavy atom. The molecule has 3 aromatic rings. The molecule has 1 fully saturated rings. The van der Waals surface area contributed by atoms with Crippen molar-refractivity contribution in [1.82, 2.24) is 4.90 Å². The number of benzene rings is 2. The molecule has 0 aliphatic carbocycles. The Kier molecular flexibility index (Phi) is 6.37. The number of para-hydroxylation sites is 1. The molecule has 0 bridgehead atoms. The number of rotatable bonds is 5. The van der Waals surface area contributed by atoms with Crippen LogP contribution in [0.1, 0.15) is 9.67 Å². The van der Waals surface area contributed by atoms with Gasteiger partial charge in [0.25, 0.3) is 5.91 Å². The van der Waals surface area contributed by atoms with Gasteiger partial charge in [0.1, 0.15) is 5.75 Å². The number of amides is 3. The van der Waals surface area contributed by atoms with Crippen LogP contribution in [0.2, 0.25) is 0 Å². The first-order valence-electron chi connectivity index (χ1n) is 10.0. The van der Waals surface area contributed by atoms with Crippen molar-refractivity contribution < 1.29 is 14.3 Å². The largest absolute Gasteiger partial charge is 0.497 e. The minimum absolute atomic E-state index is 0.00758. The molecule has 2 heterocycles. The zero-order chi connectivity index (χ0) is 21.6. The molecule has 2 N–H and O–H groups in total. The molecule has 3 amide bonds. The van der Waals surface area contributed by atoms with E-state index in [1.807, 2.05) is 53.4 Å². The zero-order valence-electron chi connectivity index (χ0n) is 17.2. The Balaban J connectivity index is 1.31. The number of thiophene rings is 1. The van der Waals surface area contributed by atoms with Crippen LogP contribution < -0.4 is 20.3 Å². The summed E-state index contributed by atoms with van der Waals surface area (Å²) < 4.78 is 5.30. The lowest BCUT2D eigenvalue weighted by atomic mass is 10.2. The average molecular weight is 437 g/mol. The van der Waals surface area contributed by atoms with Crippen LogP contribution in [0.25, 0.3) is 0 Å². The van der Waals surface area contributed by atoms with Gasteiger partial charge in [-0.2, -0.15) is 0 Å². The van der Waals surface area contributed by atoms with Crippen molar-refractivity contribution in [3.8, 4) is 5.75 Å². The molecule has 0 saturated carbocycles. The third-order valence-electron chi connectivity index (χ3n) is 5.07. The zero-order valence-corrected chi connectivity index (χ0v) is 18.0. The van der Waals surface area contributed by atoms with Gasteiger partial charge in [-0.3, -0.25) is 10.1 Å². The SMILES string of the molecule is COc1cccc(N2CCN(C(=O)c3ccc(NC(=O)Nc4ccccc4)s3)CC2)c1. The van der Waals surface area contributed by atoms with E-state index in [1.165, 1.54) is 11.3 Å². The average Bonchev–Trinajstić information content (AvgIpc) is 3.27. The number of nitrogens with zero attached hydrogens (tertiary/aromatic N) is 2. The second-order valence-corrected chi connectivity index (χ2v) is 8.17. The van der Waals surface area contributed by atoms with Gasteiger partial charge >= 0.3 is 6.03 Å². The van der Waals surface area contributed by atoms with Crippen molar-refractivity contribution in [1.29, 1.82) is 0 Å². The molecule has 4 rings (SSSR count). The standard InChI is InChI=1S/C23H24N4O3S/c1-30-19-9-5-8-18(16-19)26-12-14-27(15-13-26)22(28)20-10-11-21(31-20)25-23(29)24-17-6-3-2-4-7-17/h2-11,16H,12-15H2,1H3,(H2,24,25,29).